The minimum Gasteiger partial charge on any atom is -0.497 e. The summed E-state index contributed by atoms with van der Waals surface area (Å²) in [5.74, 6) is -4.02. The van der Waals surface area contributed by atoms with Gasteiger partial charge < -0.3 is 9.64 Å². The van der Waals surface area contributed by atoms with Gasteiger partial charge in [0, 0.05) is 23.9 Å². The van der Waals surface area contributed by atoms with Gasteiger partial charge in [-0.15, -0.1) is 0 Å². The van der Waals surface area contributed by atoms with Crippen molar-refractivity contribution in [1.29, 1.82) is 10.5 Å². The van der Waals surface area contributed by atoms with Gasteiger partial charge in [0.15, 0.2) is 11.2 Å². The predicted octanol–water partition coefficient (Wildman–Crippen LogP) is 7.25. The first-order valence-electron chi connectivity index (χ1n) is 15.8. The smallest absolute Gasteiger partial charge is 0.241 e. The number of hydrogen-bond donors (Lipinski definition) is 0. The molecule has 8 heteroatoms. The number of methoxy groups -OCH3 is 1. The molecule has 1 fully saturated rings. The highest BCUT2D eigenvalue weighted by atomic mass is 19.1. The average Bonchev–Trinajstić information content (AvgIpc) is 3.36. The van der Waals surface area contributed by atoms with E-state index in [4.69, 9.17) is 4.74 Å². The van der Waals surface area contributed by atoms with Crippen LogP contribution >= 0.6 is 0 Å². The van der Waals surface area contributed by atoms with Gasteiger partial charge in [-0.2, -0.15) is 10.5 Å². The summed E-state index contributed by atoms with van der Waals surface area (Å²) >= 11 is 0. The van der Waals surface area contributed by atoms with Crippen LogP contribution in [-0.4, -0.2) is 24.6 Å². The molecule has 1 aliphatic carbocycles. The molecule has 242 valence electrons. The largest absolute Gasteiger partial charge is 0.497 e. The van der Waals surface area contributed by atoms with Crippen LogP contribution in [0.4, 0.5) is 10.1 Å². The number of benzene rings is 4. The van der Waals surface area contributed by atoms with Gasteiger partial charge in [0.25, 0.3) is 0 Å². The Morgan fingerprint density at radius 2 is 1.63 bits per heavy atom. The number of fused-ring (bicyclic) bond motifs is 2. The number of carbonyl (C=O) groups excluding carboxylic acids is 3. The van der Waals surface area contributed by atoms with Crippen molar-refractivity contribution in [2.45, 2.75) is 30.7 Å². The molecule has 49 heavy (non-hydrogen) atoms. The van der Waals surface area contributed by atoms with Gasteiger partial charge in [-0.1, -0.05) is 85.5 Å². The van der Waals surface area contributed by atoms with Crippen LogP contribution < -0.4 is 9.64 Å². The molecule has 1 spiro atoms. The number of nitrogens with zero attached hydrogens (tertiary/aromatic N) is 3. The number of ether oxygens (including phenoxy) is 1. The normalized spacial score (nSPS) is 20.9. The van der Waals surface area contributed by atoms with E-state index < -0.39 is 46.0 Å². The second-order valence-corrected chi connectivity index (χ2v) is 12.3. The maximum Gasteiger partial charge on any atom is 0.241 e. The molecule has 3 atom stereocenters. The van der Waals surface area contributed by atoms with E-state index in [0.29, 0.717) is 17.0 Å². The van der Waals surface area contributed by atoms with Crippen molar-refractivity contribution in [2.75, 3.05) is 12.0 Å². The summed E-state index contributed by atoms with van der Waals surface area (Å²) < 4.78 is 20.5. The number of nitriles is 2. The van der Waals surface area contributed by atoms with Crippen molar-refractivity contribution >= 4 is 29.2 Å². The Labute approximate surface area is 284 Å². The van der Waals surface area contributed by atoms with E-state index in [2.05, 4.69) is 18.7 Å². The zero-order valence-corrected chi connectivity index (χ0v) is 26.8. The molecule has 0 radical (unpaired) electrons. The van der Waals surface area contributed by atoms with Crippen molar-refractivity contribution in [1.82, 2.24) is 0 Å². The van der Waals surface area contributed by atoms with Crippen LogP contribution in [0.15, 0.2) is 121 Å². The number of hydrogen-bond acceptors (Lipinski definition) is 6. The third kappa shape index (κ3) is 5.42. The Morgan fingerprint density at radius 3 is 2.27 bits per heavy atom. The van der Waals surface area contributed by atoms with Gasteiger partial charge in [-0.3, -0.25) is 14.4 Å². The minimum absolute atomic E-state index is 0.0117. The number of allylic oxidation sites excluding steroid dienone is 2. The van der Waals surface area contributed by atoms with E-state index in [0.717, 1.165) is 17.2 Å². The monoisotopic (exact) mass is 649 g/mol. The SMILES string of the molecule is C=C(C[C@H]1C(=O)C[C@H](c2ccccc2)C(C#N)(C#N)[C@@]12C(=O)N(Cc1ccccc1)c1ccc(F)cc12)C(=O)/C=C/c1ccc(OC)cc1. The second kappa shape index (κ2) is 13.2. The van der Waals surface area contributed by atoms with Crippen molar-refractivity contribution < 1.29 is 23.5 Å². The Kier molecular flexibility index (Phi) is 8.82. The first kappa shape index (κ1) is 32.8. The minimum atomic E-state index is -2.17. The maximum atomic E-state index is 15.3. The molecule has 6 rings (SSSR count). The molecule has 0 bridgehead atoms. The summed E-state index contributed by atoms with van der Waals surface area (Å²) in [5.41, 5.74) is -1.94. The van der Waals surface area contributed by atoms with E-state index in [1.807, 2.05) is 30.3 Å². The Bertz CT molecular complexity index is 2050. The van der Waals surface area contributed by atoms with Crippen molar-refractivity contribution in [3.8, 4) is 17.9 Å². The quantitative estimate of drug-likeness (QED) is 0.177. The van der Waals surface area contributed by atoms with E-state index in [1.54, 1.807) is 67.8 Å². The summed E-state index contributed by atoms with van der Waals surface area (Å²) in [7, 11) is 1.55. The molecule has 0 N–H and O–H groups in total. The number of rotatable bonds is 9. The van der Waals surface area contributed by atoms with Gasteiger partial charge in [-0.05, 0) is 70.7 Å². The van der Waals surface area contributed by atoms with Crippen molar-refractivity contribution in [3.05, 3.63) is 149 Å². The number of Topliss-reactive ketones (excluding diaryl/α,β-unsaturated/α-hetero) is 1. The van der Waals surface area contributed by atoms with Crippen LogP contribution in [0.5, 0.6) is 5.75 Å². The standard InChI is InChI=1S/C41H32FN3O4/c1-27(37(46)20-15-28-13-17-32(49-2)18-14-28)21-35-38(47)23-33(30-11-7-4-8-12-30)40(25-43,26-44)41(35)34-22-31(42)16-19-36(34)45(39(41)48)24-29-9-5-3-6-10-29/h3-20,22,33,35H,1,21,23-24H2,2H3/b20-15+/t33-,35+,41-/m1/s1. The van der Waals surface area contributed by atoms with Gasteiger partial charge >= 0.3 is 0 Å². The number of anilines is 1. The summed E-state index contributed by atoms with van der Waals surface area (Å²) in [5, 5.41) is 22.2. The molecule has 1 heterocycles. The summed E-state index contributed by atoms with van der Waals surface area (Å²) in [6, 6.07) is 33.1. The molecule has 1 amide bonds. The van der Waals surface area contributed by atoms with Crippen LogP contribution in [-0.2, 0) is 26.3 Å². The number of amides is 1. The molecule has 4 aromatic rings. The lowest BCUT2D eigenvalue weighted by atomic mass is 9.44. The highest BCUT2D eigenvalue weighted by Gasteiger charge is 2.74. The Morgan fingerprint density at radius 1 is 0.980 bits per heavy atom. The van der Waals surface area contributed by atoms with Crippen LogP contribution in [0.1, 0.15) is 41.0 Å². The van der Waals surface area contributed by atoms with Gasteiger partial charge in [0.05, 0.1) is 25.8 Å². The molecule has 0 aromatic heterocycles. The predicted molar refractivity (Wildman–Crippen MR) is 182 cm³/mol. The Hall–Kier alpha value is -6.12. The maximum absolute atomic E-state index is 15.3. The van der Waals surface area contributed by atoms with Crippen LogP contribution in [0.2, 0.25) is 0 Å². The Balaban J connectivity index is 1.51. The average molecular weight is 650 g/mol. The van der Waals surface area contributed by atoms with Crippen LogP contribution in [0, 0.1) is 39.8 Å². The summed E-state index contributed by atoms with van der Waals surface area (Å²) in [6.07, 6.45) is 2.36. The molecule has 0 unspecified atom stereocenters. The first-order chi connectivity index (χ1) is 23.7. The van der Waals surface area contributed by atoms with Crippen molar-refractivity contribution in [2.24, 2.45) is 11.3 Å². The number of halogens is 1. The van der Waals surface area contributed by atoms with E-state index in [1.165, 1.54) is 23.1 Å². The number of carbonyl (C=O) groups is 3. The lowest BCUT2D eigenvalue weighted by molar-refractivity contribution is -0.142. The van der Waals surface area contributed by atoms with Gasteiger partial charge in [0.1, 0.15) is 22.8 Å². The zero-order chi connectivity index (χ0) is 34.8. The van der Waals surface area contributed by atoms with E-state index in [-0.39, 0.29) is 30.5 Å². The van der Waals surface area contributed by atoms with Gasteiger partial charge in [0.2, 0.25) is 5.91 Å². The fraction of sp³-hybridized carbons (Fsp3) is 0.195. The molecule has 7 nitrogen and oxygen atoms in total. The molecular weight excluding hydrogens is 617 g/mol. The molecule has 4 aromatic carbocycles. The lowest BCUT2D eigenvalue weighted by Crippen LogP contribution is -2.63. The summed E-state index contributed by atoms with van der Waals surface area (Å²) in [4.78, 5) is 44.7. The lowest BCUT2D eigenvalue weighted by Gasteiger charge is -2.51. The fourth-order valence-electron chi connectivity index (χ4n) is 7.45. The van der Waals surface area contributed by atoms with Crippen LogP contribution in [0.25, 0.3) is 6.08 Å². The third-order valence-electron chi connectivity index (χ3n) is 9.80. The zero-order valence-electron chi connectivity index (χ0n) is 26.8. The van der Waals surface area contributed by atoms with Crippen LogP contribution in [0.3, 0.4) is 0 Å². The fourth-order valence-corrected chi connectivity index (χ4v) is 7.45. The van der Waals surface area contributed by atoms with Crippen molar-refractivity contribution in [3.63, 3.8) is 0 Å². The highest BCUT2D eigenvalue weighted by Crippen LogP contribution is 2.65. The topological polar surface area (TPSA) is 111 Å². The molecule has 1 aliphatic heterocycles. The molecule has 1 saturated carbocycles. The second-order valence-electron chi connectivity index (χ2n) is 12.3. The molecular formula is C41H32FN3O4. The van der Waals surface area contributed by atoms with E-state index >= 15 is 9.18 Å². The summed E-state index contributed by atoms with van der Waals surface area (Å²) in [6.45, 7) is 4.05. The van der Waals surface area contributed by atoms with Gasteiger partial charge in [-0.25, -0.2) is 4.39 Å². The van der Waals surface area contributed by atoms with E-state index in [9.17, 15) is 20.1 Å². The molecule has 2 aliphatic rings. The highest BCUT2D eigenvalue weighted by molar-refractivity contribution is 6.14. The number of ketones is 2. The third-order valence-corrected chi connectivity index (χ3v) is 9.80. The first-order valence-corrected chi connectivity index (χ1v) is 15.8. The molecule has 0 saturated heterocycles.